The van der Waals surface area contributed by atoms with Gasteiger partial charge in [-0.2, -0.15) is 0 Å². The van der Waals surface area contributed by atoms with Crippen LogP contribution >= 0.6 is 8.73 Å². The van der Waals surface area contributed by atoms with Gasteiger partial charge in [-0.05, 0) is 32.6 Å². The zero-order valence-electron chi connectivity index (χ0n) is 14.0. The van der Waals surface area contributed by atoms with Crippen molar-refractivity contribution in [3.8, 4) is 0 Å². The molecule has 2 unspecified atom stereocenters. The lowest BCUT2D eigenvalue weighted by molar-refractivity contribution is 0.435. The fraction of sp³-hybridized carbons (Fsp3) is 1.00. The fourth-order valence-corrected chi connectivity index (χ4v) is 3.37. The van der Waals surface area contributed by atoms with Crippen LogP contribution in [0.15, 0.2) is 0 Å². The molecule has 0 bridgehead atoms. The molecular formula is C17H38NP. The summed E-state index contributed by atoms with van der Waals surface area (Å²) in [6.07, 6.45) is 17.3. The van der Waals surface area contributed by atoms with E-state index < -0.39 is 0 Å². The van der Waals surface area contributed by atoms with Gasteiger partial charge in [0.25, 0.3) is 0 Å². The summed E-state index contributed by atoms with van der Waals surface area (Å²) in [5, 5.41) is 0. The van der Waals surface area contributed by atoms with Gasteiger partial charge in [0, 0.05) is 0 Å². The molecule has 0 aromatic rings. The van der Waals surface area contributed by atoms with Crippen molar-refractivity contribution in [2.45, 2.75) is 84.5 Å². The monoisotopic (exact) mass is 287 g/mol. The Bertz CT molecular complexity index is 171. The molecule has 0 aromatic heterocycles. The molecule has 19 heavy (non-hydrogen) atoms. The normalized spacial score (nSPS) is 13.7. The lowest BCUT2D eigenvalue weighted by Gasteiger charge is -2.11. The zero-order valence-corrected chi connectivity index (χ0v) is 15.0. The topological polar surface area (TPSA) is 3.24 Å². The van der Waals surface area contributed by atoms with E-state index in [0.29, 0.717) is 0 Å². The van der Waals surface area contributed by atoms with Crippen LogP contribution in [0.25, 0.3) is 0 Å². The van der Waals surface area contributed by atoms with E-state index in [2.05, 4.69) is 32.6 Å². The van der Waals surface area contributed by atoms with Crippen LogP contribution in [0.4, 0.5) is 0 Å². The van der Waals surface area contributed by atoms with Crippen molar-refractivity contribution in [3.63, 3.8) is 0 Å². The maximum absolute atomic E-state index is 2.45. The van der Waals surface area contributed by atoms with E-state index in [1.54, 1.807) is 0 Å². The van der Waals surface area contributed by atoms with Crippen LogP contribution in [-0.4, -0.2) is 24.9 Å². The zero-order chi connectivity index (χ0) is 14.3. The minimum absolute atomic E-state index is 0.965. The predicted molar refractivity (Wildman–Crippen MR) is 92.5 cm³/mol. The minimum Gasteiger partial charge on any atom is -0.291 e. The summed E-state index contributed by atoms with van der Waals surface area (Å²) in [7, 11) is 5.39. The highest BCUT2D eigenvalue weighted by molar-refractivity contribution is 7.35. The lowest BCUT2D eigenvalue weighted by Crippen LogP contribution is -1.98. The van der Waals surface area contributed by atoms with Crippen molar-refractivity contribution in [1.82, 2.24) is 4.67 Å². The summed E-state index contributed by atoms with van der Waals surface area (Å²) in [5.41, 5.74) is 0. The quantitative estimate of drug-likeness (QED) is 0.276. The second kappa shape index (κ2) is 14.8. The van der Waals surface area contributed by atoms with E-state index in [0.717, 1.165) is 14.6 Å². The molecule has 0 heterocycles. The Labute approximate surface area is 124 Å². The van der Waals surface area contributed by atoms with Crippen LogP contribution in [0.2, 0.25) is 0 Å². The first kappa shape index (κ1) is 19.4. The van der Waals surface area contributed by atoms with Gasteiger partial charge in [-0.3, -0.25) is 4.67 Å². The Kier molecular flexibility index (Phi) is 15.1. The Morgan fingerprint density at radius 1 is 0.789 bits per heavy atom. The first-order valence-corrected chi connectivity index (χ1v) is 9.73. The molecule has 1 nitrogen and oxygen atoms in total. The third-order valence-corrected chi connectivity index (χ3v) is 5.06. The maximum atomic E-state index is 2.45. The first-order chi connectivity index (χ1) is 9.16. The van der Waals surface area contributed by atoms with E-state index in [-0.39, 0.29) is 0 Å². The molecule has 0 amide bonds. The fourth-order valence-electron chi connectivity index (χ4n) is 2.51. The highest BCUT2D eigenvalue weighted by atomic mass is 31.1. The maximum Gasteiger partial charge on any atom is -0.00995 e. The number of hydrogen-bond acceptors (Lipinski definition) is 1. The van der Waals surface area contributed by atoms with Crippen molar-refractivity contribution in [3.05, 3.63) is 0 Å². The molecule has 0 saturated carbocycles. The molecule has 0 aliphatic heterocycles. The van der Waals surface area contributed by atoms with Gasteiger partial charge in [0.15, 0.2) is 0 Å². The smallest absolute Gasteiger partial charge is 0.00995 e. The number of rotatable bonds is 14. The van der Waals surface area contributed by atoms with Gasteiger partial charge in [0.05, 0.1) is 0 Å². The third-order valence-electron chi connectivity index (χ3n) is 3.85. The van der Waals surface area contributed by atoms with Gasteiger partial charge in [0.1, 0.15) is 0 Å². The molecule has 0 aliphatic rings. The summed E-state index contributed by atoms with van der Waals surface area (Å²) in [4.78, 5) is 0. The molecule has 116 valence electrons. The Morgan fingerprint density at radius 3 is 1.89 bits per heavy atom. The molecule has 0 radical (unpaired) electrons. The van der Waals surface area contributed by atoms with E-state index in [4.69, 9.17) is 0 Å². The molecule has 0 saturated heterocycles. The molecule has 0 aromatic carbocycles. The molecule has 2 heteroatoms. The Morgan fingerprint density at radius 2 is 1.32 bits per heavy atom. The lowest BCUT2D eigenvalue weighted by atomic mass is 9.96. The average molecular weight is 287 g/mol. The van der Waals surface area contributed by atoms with Crippen LogP contribution in [0.1, 0.15) is 84.5 Å². The second-order valence-electron chi connectivity index (χ2n) is 6.31. The predicted octanol–water partition coefficient (Wildman–Crippen LogP) is 6.09. The van der Waals surface area contributed by atoms with Crippen LogP contribution in [0, 0.1) is 5.92 Å². The van der Waals surface area contributed by atoms with Gasteiger partial charge < -0.3 is 0 Å². The van der Waals surface area contributed by atoms with E-state index >= 15 is 0 Å². The van der Waals surface area contributed by atoms with Crippen molar-refractivity contribution < 1.29 is 0 Å². The molecule has 0 spiro atoms. The van der Waals surface area contributed by atoms with Crippen LogP contribution in [-0.2, 0) is 0 Å². The highest BCUT2D eigenvalue weighted by Crippen LogP contribution is 2.19. The van der Waals surface area contributed by atoms with E-state index in [1.165, 1.54) is 76.8 Å². The average Bonchev–Trinajstić information content (AvgIpc) is 2.37. The molecular weight excluding hydrogens is 249 g/mol. The largest absolute Gasteiger partial charge is 0.291 e. The van der Waals surface area contributed by atoms with Crippen LogP contribution in [0.3, 0.4) is 0 Å². The minimum atomic E-state index is 0.965. The SMILES string of the molecule is CCCCCCC(C)CCCCCCCPN(C)C. The van der Waals surface area contributed by atoms with Crippen molar-refractivity contribution in [2.24, 2.45) is 5.92 Å². The molecule has 0 N–H and O–H groups in total. The molecule has 0 aliphatic carbocycles. The highest BCUT2D eigenvalue weighted by Gasteiger charge is 2.01. The molecule has 2 atom stereocenters. The van der Waals surface area contributed by atoms with Gasteiger partial charge in [-0.15, -0.1) is 0 Å². The van der Waals surface area contributed by atoms with Crippen molar-refractivity contribution in [2.75, 3.05) is 20.3 Å². The standard InChI is InChI=1S/C17H38NP/c1-5-6-7-11-14-17(2)15-12-9-8-10-13-16-19-18(3)4/h17,19H,5-16H2,1-4H3. The summed E-state index contributed by atoms with van der Waals surface area (Å²) < 4.78 is 2.32. The Balaban J connectivity index is 3.12. The van der Waals surface area contributed by atoms with Gasteiger partial charge >= 0.3 is 0 Å². The first-order valence-electron chi connectivity index (χ1n) is 8.57. The second-order valence-corrected chi connectivity index (χ2v) is 8.02. The third kappa shape index (κ3) is 16.3. The number of nitrogens with zero attached hydrogens (tertiary/aromatic N) is 1. The van der Waals surface area contributed by atoms with Crippen molar-refractivity contribution >= 4 is 8.73 Å². The van der Waals surface area contributed by atoms with Gasteiger partial charge in [-0.1, -0.05) is 86.8 Å². The number of hydrogen-bond donors (Lipinski definition) is 0. The summed E-state index contributed by atoms with van der Waals surface area (Å²) in [6, 6.07) is 0. The van der Waals surface area contributed by atoms with E-state index in [1.807, 2.05) is 0 Å². The van der Waals surface area contributed by atoms with Gasteiger partial charge in [0.2, 0.25) is 0 Å². The molecule has 0 fully saturated rings. The molecule has 0 rings (SSSR count). The van der Waals surface area contributed by atoms with Crippen LogP contribution in [0.5, 0.6) is 0 Å². The number of unbranched alkanes of at least 4 members (excludes halogenated alkanes) is 7. The van der Waals surface area contributed by atoms with Crippen LogP contribution < -0.4 is 0 Å². The van der Waals surface area contributed by atoms with Crippen molar-refractivity contribution in [1.29, 1.82) is 0 Å². The van der Waals surface area contributed by atoms with Gasteiger partial charge in [-0.25, -0.2) is 0 Å². The summed E-state index contributed by atoms with van der Waals surface area (Å²) in [6.45, 7) is 4.74. The Hall–Kier alpha value is 0.390. The summed E-state index contributed by atoms with van der Waals surface area (Å²) >= 11 is 0. The summed E-state index contributed by atoms with van der Waals surface area (Å²) in [5.74, 6) is 0.965. The van der Waals surface area contributed by atoms with E-state index in [9.17, 15) is 0 Å².